The van der Waals surface area contributed by atoms with Crippen molar-refractivity contribution in [1.82, 2.24) is 9.62 Å². The highest BCUT2D eigenvalue weighted by Gasteiger charge is 2.33. The summed E-state index contributed by atoms with van der Waals surface area (Å²) in [5, 5.41) is 4.66. The van der Waals surface area contributed by atoms with E-state index in [1.807, 2.05) is 31.3 Å². The lowest BCUT2D eigenvalue weighted by molar-refractivity contribution is 0.419. The molecule has 1 N–H and O–H groups in total. The van der Waals surface area contributed by atoms with Crippen molar-refractivity contribution >= 4 is 33.2 Å². The molecule has 0 aliphatic carbocycles. The normalized spacial score (nSPS) is 18.5. The van der Waals surface area contributed by atoms with Crippen LogP contribution in [0.15, 0.2) is 41.3 Å². The van der Waals surface area contributed by atoms with Crippen LogP contribution in [0.4, 0.5) is 0 Å². The maximum Gasteiger partial charge on any atom is 0.243 e. The summed E-state index contributed by atoms with van der Waals surface area (Å²) in [6, 6.07) is 10.9. The summed E-state index contributed by atoms with van der Waals surface area (Å²) in [6.07, 6.45) is 0.897. The minimum atomic E-state index is -3.49. The fourth-order valence-corrected chi connectivity index (χ4v) is 4.98. The average molecular weight is 371 g/mol. The van der Waals surface area contributed by atoms with Gasteiger partial charge in [0.25, 0.3) is 0 Å². The van der Waals surface area contributed by atoms with Gasteiger partial charge in [-0.15, -0.1) is 12.4 Å². The second-order valence-corrected chi connectivity index (χ2v) is 7.79. The van der Waals surface area contributed by atoms with Crippen LogP contribution in [0.5, 0.6) is 5.75 Å². The number of rotatable bonds is 5. The second kappa shape index (κ2) is 7.70. The van der Waals surface area contributed by atoms with Crippen LogP contribution in [0.2, 0.25) is 0 Å². The van der Waals surface area contributed by atoms with Gasteiger partial charge in [-0.2, -0.15) is 4.31 Å². The predicted octanol–water partition coefficient (Wildman–Crippen LogP) is 2.50. The Morgan fingerprint density at radius 2 is 1.92 bits per heavy atom. The summed E-state index contributed by atoms with van der Waals surface area (Å²) in [5.74, 6) is 1.06. The van der Waals surface area contributed by atoms with Gasteiger partial charge in [-0.3, -0.25) is 0 Å². The molecule has 0 amide bonds. The SMILES string of the molecule is CNCC1CCN(S(=O)(=O)c2ccc(OC)c3ccccc23)C1.Cl. The Morgan fingerprint density at radius 3 is 2.58 bits per heavy atom. The molecule has 1 saturated heterocycles. The monoisotopic (exact) mass is 370 g/mol. The highest BCUT2D eigenvalue weighted by molar-refractivity contribution is 7.89. The molecule has 0 spiro atoms. The highest BCUT2D eigenvalue weighted by Crippen LogP contribution is 2.33. The molecule has 0 radical (unpaired) electrons. The Labute approximate surface area is 149 Å². The summed E-state index contributed by atoms with van der Waals surface area (Å²) < 4.78 is 33.1. The van der Waals surface area contributed by atoms with Crippen LogP contribution in [-0.4, -0.2) is 46.5 Å². The third-order valence-corrected chi connectivity index (χ3v) is 6.35. The van der Waals surface area contributed by atoms with E-state index in [-0.39, 0.29) is 12.4 Å². The fraction of sp³-hybridized carbons (Fsp3) is 0.412. The number of hydrogen-bond acceptors (Lipinski definition) is 4. The lowest BCUT2D eigenvalue weighted by Crippen LogP contribution is -2.30. The van der Waals surface area contributed by atoms with Gasteiger partial charge < -0.3 is 10.1 Å². The molecule has 5 nitrogen and oxygen atoms in total. The molecule has 1 heterocycles. The van der Waals surface area contributed by atoms with Crippen molar-refractivity contribution in [3.05, 3.63) is 36.4 Å². The summed E-state index contributed by atoms with van der Waals surface area (Å²) in [6.45, 7) is 1.99. The third-order valence-electron chi connectivity index (χ3n) is 4.42. The van der Waals surface area contributed by atoms with E-state index >= 15 is 0 Å². The van der Waals surface area contributed by atoms with Gasteiger partial charge in [0.05, 0.1) is 12.0 Å². The zero-order valence-electron chi connectivity index (χ0n) is 13.9. The van der Waals surface area contributed by atoms with Crippen LogP contribution in [0.3, 0.4) is 0 Å². The smallest absolute Gasteiger partial charge is 0.243 e. The van der Waals surface area contributed by atoms with Gasteiger partial charge in [0.15, 0.2) is 0 Å². The predicted molar refractivity (Wildman–Crippen MR) is 98.5 cm³/mol. The fourth-order valence-electron chi connectivity index (χ4n) is 3.26. The van der Waals surface area contributed by atoms with Gasteiger partial charge in [0, 0.05) is 23.9 Å². The Bertz CT molecular complexity index is 811. The molecule has 1 aliphatic heterocycles. The second-order valence-electron chi connectivity index (χ2n) is 5.89. The quantitative estimate of drug-likeness (QED) is 0.878. The van der Waals surface area contributed by atoms with Crippen LogP contribution in [0.25, 0.3) is 10.8 Å². The lowest BCUT2D eigenvalue weighted by Gasteiger charge is -2.18. The first kappa shape index (κ1) is 19.0. The molecule has 1 fully saturated rings. The Kier molecular flexibility index (Phi) is 6.09. The first-order valence-electron chi connectivity index (χ1n) is 7.78. The molecule has 0 aromatic heterocycles. The Balaban J connectivity index is 0.00000208. The zero-order valence-corrected chi connectivity index (χ0v) is 15.5. The number of nitrogens with zero attached hydrogens (tertiary/aromatic N) is 1. The molecule has 7 heteroatoms. The third kappa shape index (κ3) is 3.37. The van der Waals surface area contributed by atoms with Gasteiger partial charge in [-0.1, -0.05) is 24.3 Å². The molecule has 2 aromatic rings. The Morgan fingerprint density at radius 1 is 1.21 bits per heavy atom. The van der Waals surface area contributed by atoms with Gasteiger partial charge in [0.2, 0.25) is 10.0 Å². The van der Waals surface area contributed by atoms with Crippen molar-refractivity contribution < 1.29 is 13.2 Å². The van der Waals surface area contributed by atoms with Crippen molar-refractivity contribution in [2.75, 3.05) is 33.8 Å². The number of fused-ring (bicyclic) bond motifs is 1. The van der Waals surface area contributed by atoms with E-state index in [1.54, 1.807) is 23.5 Å². The van der Waals surface area contributed by atoms with Crippen molar-refractivity contribution in [1.29, 1.82) is 0 Å². The minimum absolute atomic E-state index is 0. The molecule has 24 heavy (non-hydrogen) atoms. The first-order valence-corrected chi connectivity index (χ1v) is 9.22. The maximum absolute atomic E-state index is 13.1. The van der Waals surface area contributed by atoms with Crippen LogP contribution >= 0.6 is 12.4 Å². The molecule has 2 aromatic carbocycles. The summed E-state index contributed by atoms with van der Waals surface area (Å²) in [5.41, 5.74) is 0. The molecule has 132 valence electrons. The molecule has 1 atom stereocenters. The van der Waals surface area contributed by atoms with E-state index < -0.39 is 10.0 Å². The van der Waals surface area contributed by atoms with E-state index in [9.17, 15) is 8.42 Å². The molecular formula is C17H23ClN2O3S. The lowest BCUT2D eigenvalue weighted by atomic mass is 10.1. The number of halogens is 1. The molecular weight excluding hydrogens is 348 g/mol. The van der Waals surface area contributed by atoms with Gasteiger partial charge in [-0.05, 0) is 38.1 Å². The highest BCUT2D eigenvalue weighted by atomic mass is 35.5. The van der Waals surface area contributed by atoms with Gasteiger partial charge in [0.1, 0.15) is 5.75 Å². The van der Waals surface area contributed by atoms with Crippen molar-refractivity contribution in [2.24, 2.45) is 5.92 Å². The summed E-state index contributed by atoms with van der Waals surface area (Å²) >= 11 is 0. The average Bonchev–Trinajstić information content (AvgIpc) is 3.03. The number of sulfonamides is 1. The standard InChI is InChI=1S/C17H22N2O3S.ClH/c1-18-11-13-9-10-19(12-13)23(20,21)17-8-7-16(22-2)14-5-3-4-6-15(14)17;/h3-8,13,18H,9-12H2,1-2H3;1H. The van der Waals surface area contributed by atoms with Crippen molar-refractivity contribution in [3.63, 3.8) is 0 Å². The van der Waals surface area contributed by atoms with Gasteiger partial charge >= 0.3 is 0 Å². The summed E-state index contributed by atoms with van der Waals surface area (Å²) in [7, 11) is 0.00145. The van der Waals surface area contributed by atoms with E-state index in [0.717, 1.165) is 18.4 Å². The minimum Gasteiger partial charge on any atom is -0.496 e. The molecule has 3 rings (SSSR count). The molecule has 0 saturated carbocycles. The number of ether oxygens (including phenoxy) is 1. The zero-order chi connectivity index (χ0) is 16.4. The topological polar surface area (TPSA) is 58.6 Å². The summed E-state index contributed by atoms with van der Waals surface area (Å²) in [4.78, 5) is 0.360. The van der Waals surface area contributed by atoms with E-state index in [0.29, 0.717) is 35.0 Å². The van der Waals surface area contributed by atoms with Crippen molar-refractivity contribution in [2.45, 2.75) is 11.3 Å². The van der Waals surface area contributed by atoms with Crippen molar-refractivity contribution in [3.8, 4) is 5.75 Å². The van der Waals surface area contributed by atoms with Gasteiger partial charge in [-0.25, -0.2) is 8.42 Å². The molecule has 1 aliphatic rings. The van der Waals surface area contributed by atoms with Crippen LogP contribution < -0.4 is 10.1 Å². The Hall–Kier alpha value is -1.34. The van der Waals surface area contributed by atoms with E-state index in [4.69, 9.17) is 4.74 Å². The molecule has 1 unspecified atom stereocenters. The van der Waals surface area contributed by atoms with E-state index in [2.05, 4.69) is 5.32 Å². The first-order chi connectivity index (χ1) is 11.1. The van der Waals surface area contributed by atoms with Crippen LogP contribution in [0.1, 0.15) is 6.42 Å². The maximum atomic E-state index is 13.1. The van der Waals surface area contributed by atoms with Crippen LogP contribution in [-0.2, 0) is 10.0 Å². The number of hydrogen-bond donors (Lipinski definition) is 1. The number of methoxy groups -OCH3 is 1. The number of benzene rings is 2. The van der Waals surface area contributed by atoms with E-state index in [1.165, 1.54) is 0 Å². The molecule has 0 bridgehead atoms. The number of nitrogens with one attached hydrogen (secondary N) is 1. The largest absolute Gasteiger partial charge is 0.496 e. The van der Waals surface area contributed by atoms with Crippen LogP contribution in [0, 0.1) is 5.92 Å².